The molecule has 0 saturated heterocycles. The van der Waals surface area contributed by atoms with Crippen molar-refractivity contribution in [2.24, 2.45) is 0 Å². The van der Waals surface area contributed by atoms with Crippen molar-refractivity contribution >= 4 is 11.7 Å². The van der Waals surface area contributed by atoms with E-state index in [4.69, 9.17) is 0 Å². The lowest BCUT2D eigenvalue weighted by Gasteiger charge is -2.31. The quantitative estimate of drug-likeness (QED) is 0.378. The van der Waals surface area contributed by atoms with Crippen LogP contribution < -0.4 is 5.32 Å². The number of aryl methyl sites for hydroxylation is 3. The Morgan fingerprint density at radius 1 is 0.939 bits per heavy atom. The largest absolute Gasteiger partial charge is 0.322 e. The van der Waals surface area contributed by atoms with Crippen molar-refractivity contribution < 1.29 is 4.79 Å². The zero-order valence-corrected chi connectivity index (χ0v) is 19.4. The number of nitrogens with one attached hydrogen (secondary N) is 1. The van der Waals surface area contributed by atoms with E-state index in [0.717, 1.165) is 45.7 Å². The summed E-state index contributed by atoms with van der Waals surface area (Å²) in [7, 11) is 0. The van der Waals surface area contributed by atoms with E-state index in [1.165, 1.54) is 5.56 Å². The van der Waals surface area contributed by atoms with Gasteiger partial charge in [0.25, 0.3) is 0 Å². The van der Waals surface area contributed by atoms with Crippen LogP contribution in [0, 0.1) is 13.8 Å². The first-order valence-corrected chi connectivity index (χ1v) is 11.5. The fraction of sp³-hybridized carbons (Fsp3) is 0.207. The summed E-state index contributed by atoms with van der Waals surface area (Å²) in [5.74, 6) is 0. The smallest absolute Gasteiger partial charge is 0.318 e. The maximum absolute atomic E-state index is 13.8. The van der Waals surface area contributed by atoms with Crippen LogP contribution in [-0.2, 0) is 13.0 Å². The molecule has 1 atom stereocenters. The van der Waals surface area contributed by atoms with E-state index in [-0.39, 0.29) is 12.1 Å². The van der Waals surface area contributed by atoms with Crippen LogP contribution in [-0.4, -0.2) is 15.5 Å². The van der Waals surface area contributed by atoms with Gasteiger partial charge in [0.2, 0.25) is 0 Å². The lowest BCUT2D eigenvalue weighted by atomic mass is 10.00. The first-order valence-electron chi connectivity index (χ1n) is 11.5. The number of rotatable bonds is 3. The van der Waals surface area contributed by atoms with Crippen LogP contribution in [0.4, 0.5) is 10.5 Å². The van der Waals surface area contributed by atoms with Gasteiger partial charge in [-0.1, -0.05) is 55.5 Å². The zero-order valence-electron chi connectivity index (χ0n) is 19.4. The molecule has 4 aromatic rings. The van der Waals surface area contributed by atoms with Crippen molar-refractivity contribution in [2.45, 2.75) is 39.8 Å². The Morgan fingerprint density at radius 3 is 2.39 bits per heavy atom. The number of hydrogen-bond acceptors (Lipinski definition) is 1. The molecule has 0 spiro atoms. The van der Waals surface area contributed by atoms with Gasteiger partial charge in [0.05, 0.1) is 18.3 Å². The van der Waals surface area contributed by atoms with Crippen LogP contribution in [0.25, 0.3) is 5.69 Å². The standard InChI is InChI=1S/C29H29N3O/c1-4-22-11-13-23(14-12-22)28-27-10-7-15-31(27)26-9-6-5-8-24(26)19-32(28)29(33)30-25-17-20(2)16-21(3)18-25/h5-18,28H,4,19H2,1-3H3,(H,30,33)/t28-/m0/s1. The second-order valence-corrected chi connectivity index (χ2v) is 8.86. The number of urea groups is 1. The highest BCUT2D eigenvalue weighted by Gasteiger charge is 2.33. The summed E-state index contributed by atoms with van der Waals surface area (Å²) in [5, 5.41) is 3.17. The number of carbonyl (C=O) groups excluding carboxylic acids is 1. The lowest BCUT2D eigenvalue weighted by Crippen LogP contribution is -2.38. The Kier molecular flexibility index (Phi) is 5.51. The Morgan fingerprint density at radius 2 is 1.67 bits per heavy atom. The van der Waals surface area contributed by atoms with Crippen molar-refractivity contribution in [3.63, 3.8) is 0 Å². The molecule has 2 heterocycles. The van der Waals surface area contributed by atoms with Crippen LogP contribution >= 0.6 is 0 Å². The van der Waals surface area contributed by atoms with Crippen molar-refractivity contribution in [2.75, 3.05) is 5.32 Å². The molecule has 1 aliphatic heterocycles. The molecule has 0 unspecified atom stereocenters. The third-order valence-electron chi connectivity index (χ3n) is 6.40. The molecular weight excluding hydrogens is 406 g/mol. The molecule has 4 nitrogen and oxygen atoms in total. The molecule has 1 aromatic heterocycles. The summed E-state index contributed by atoms with van der Waals surface area (Å²) in [5.41, 5.74) is 8.81. The zero-order chi connectivity index (χ0) is 22.9. The van der Waals surface area contributed by atoms with Crippen LogP contribution in [0.2, 0.25) is 0 Å². The minimum atomic E-state index is -0.204. The topological polar surface area (TPSA) is 37.3 Å². The summed E-state index contributed by atoms with van der Waals surface area (Å²) in [6, 6.07) is 27.0. The summed E-state index contributed by atoms with van der Waals surface area (Å²) in [6.07, 6.45) is 3.08. The summed E-state index contributed by atoms with van der Waals surface area (Å²) >= 11 is 0. The highest BCUT2D eigenvalue weighted by molar-refractivity contribution is 5.90. The predicted octanol–water partition coefficient (Wildman–Crippen LogP) is 6.79. The molecule has 1 aliphatic rings. The second-order valence-electron chi connectivity index (χ2n) is 8.86. The first kappa shape index (κ1) is 21.1. The van der Waals surface area contributed by atoms with E-state index < -0.39 is 0 Å². The van der Waals surface area contributed by atoms with Crippen LogP contribution in [0.5, 0.6) is 0 Å². The number of hydrogen-bond donors (Lipinski definition) is 1. The van der Waals surface area contributed by atoms with Crippen molar-refractivity contribution in [3.05, 3.63) is 119 Å². The van der Waals surface area contributed by atoms with Gasteiger partial charge in [-0.15, -0.1) is 0 Å². The van der Waals surface area contributed by atoms with Gasteiger partial charge in [-0.25, -0.2) is 4.79 Å². The summed E-state index contributed by atoms with van der Waals surface area (Å²) < 4.78 is 2.22. The van der Waals surface area contributed by atoms with Gasteiger partial charge in [-0.2, -0.15) is 0 Å². The summed E-state index contributed by atoms with van der Waals surface area (Å²) in [4.78, 5) is 15.8. The molecule has 4 heteroatoms. The molecule has 3 aromatic carbocycles. The van der Waals surface area contributed by atoms with Gasteiger partial charge in [-0.05, 0) is 78.4 Å². The number of nitrogens with zero attached hydrogens (tertiary/aromatic N) is 2. The predicted molar refractivity (Wildman–Crippen MR) is 134 cm³/mol. The molecule has 0 radical (unpaired) electrons. The number of benzene rings is 3. The second kappa shape index (κ2) is 8.62. The monoisotopic (exact) mass is 435 g/mol. The first-order chi connectivity index (χ1) is 16.0. The van der Waals surface area contributed by atoms with Crippen LogP contribution in [0.1, 0.15) is 46.5 Å². The van der Waals surface area contributed by atoms with Gasteiger partial charge < -0.3 is 14.8 Å². The highest BCUT2D eigenvalue weighted by atomic mass is 16.2. The number of para-hydroxylation sites is 1. The van der Waals surface area contributed by atoms with Gasteiger partial charge in [0.15, 0.2) is 0 Å². The normalized spacial score (nSPS) is 14.9. The molecule has 1 N–H and O–H groups in total. The minimum Gasteiger partial charge on any atom is -0.318 e. The molecule has 0 fully saturated rings. The Bertz CT molecular complexity index is 1280. The number of anilines is 1. The molecule has 2 amide bonds. The average Bonchev–Trinajstić information content (AvgIpc) is 3.23. The number of aromatic nitrogens is 1. The Labute approximate surface area is 195 Å². The third-order valence-corrected chi connectivity index (χ3v) is 6.40. The molecule has 0 aliphatic carbocycles. The highest BCUT2D eigenvalue weighted by Crippen LogP contribution is 2.37. The number of fused-ring (bicyclic) bond motifs is 3. The molecule has 5 rings (SSSR count). The van der Waals surface area contributed by atoms with E-state index in [1.807, 2.05) is 23.1 Å². The van der Waals surface area contributed by atoms with Crippen LogP contribution in [0.15, 0.2) is 85.1 Å². The summed E-state index contributed by atoms with van der Waals surface area (Å²) in [6.45, 7) is 6.78. The van der Waals surface area contributed by atoms with Crippen LogP contribution in [0.3, 0.4) is 0 Å². The lowest BCUT2D eigenvalue weighted by molar-refractivity contribution is 0.194. The van der Waals surface area contributed by atoms with Gasteiger partial charge in [0, 0.05) is 17.6 Å². The SMILES string of the molecule is CCc1ccc([C@H]2c3cccn3-c3ccccc3CN2C(=O)Nc2cc(C)cc(C)c2)cc1. The maximum Gasteiger partial charge on any atom is 0.322 e. The fourth-order valence-corrected chi connectivity index (χ4v) is 4.87. The van der Waals surface area contributed by atoms with E-state index >= 15 is 0 Å². The van der Waals surface area contributed by atoms with Gasteiger partial charge in [-0.3, -0.25) is 0 Å². The third kappa shape index (κ3) is 4.05. The van der Waals surface area contributed by atoms with Crippen molar-refractivity contribution in [1.29, 1.82) is 0 Å². The minimum absolute atomic E-state index is 0.103. The van der Waals surface area contributed by atoms with E-state index in [9.17, 15) is 4.79 Å². The maximum atomic E-state index is 13.8. The molecule has 33 heavy (non-hydrogen) atoms. The number of amides is 2. The molecule has 0 bridgehead atoms. The average molecular weight is 436 g/mol. The van der Waals surface area contributed by atoms with Crippen molar-refractivity contribution in [1.82, 2.24) is 9.47 Å². The fourth-order valence-electron chi connectivity index (χ4n) is 4.87. The van der Waals surface area contributed by atoms with E-state index in [0.29, 0.717) is 6.54 Å². The molecule has 166 valence electrons. The van der Waals surface area contributed by atoms with E-state index in [2.05, 4.69) is 97.5 Å². The van der Waals surface area contributed by atoms with Crippen molar-refractivity contribution in [3.8, 4) is 5.69 Å². The molecular formula is C29H29N3O. The Hall–Kier alpha value is -3.79. The van der Waals surface area contributed by atoms with E-state index in [1.54, 1.807) is 0 Å². The van der Waals surface area contributed by atoms with Gasteiger partial charge >= 0.3 is 6.03 Å². The number of carbonyl (C=O) groups is 1. The Balaban J connectivity index is 1.62. The van der Waals surface area contributed by atoms with Gasteiger partial charge in [0.1, 0.15) is 0 Å². The molecule has 0 saturated carbocycles.